The zero-order chi connectivity index (χ0) is 13.0. The molecule has 1 atom stereocenters. The van der Waals surface area contributed by atoms with Crippen LogP contribution < -0.4 is 5.32 Å². The van der Waals surface area contributed by atoms with Crippen LogP contribution in [0.3, 0.4) is 0 Å². The van der Waals surface area contributed by atoms with Crippen LogP contribution in [0.25, 0.3) is 0 Å². The molecule has 5 nitrogen and oxygen atoms in total. The van der Waals surface area contributed by atoms with Crippen LogP contribution in [-0.4, -0.2) is 22.9 Å². The van der Waals surface area contributed by atoms with E-state index >= 15 is 0 Å². The molecule has 0 aromatic heterocycles. The van der Waals surface area contributed by atoms with Gasteiger partial charge >= 0.3 is 6.09 Å². The van der Waals surface area contributed by atoms with Crippen LogP contribution in [0.4, 0.5) is 4.79 Å². The van der Waals surface area contributed by atoms with Gasteiger partial charge in [-0.25, -0.2) is 4.79 Å². The fourth-order valence-electron chi connectivity index (χ4n) is 1.59. The lowest BCUT2D eigenvalue weighted by atomic mass is 10.2. The molecule has 1 unspecified atom stereocenters. The van der Waals surface area contributed by atoms with E-state index in [2.05, 4.69) is 5.32 Å². The molecule has 0 fully saturated rings. The molecular formula is C13H14N2O3. The Kier molecular flexibility index (Phi) is 3.62. The van der Waals surface area contributed by atoms with Gasteiger partial charge in [-0.2, -0.15) is 0 Å². The Morgan fingerprint density at radius 1 is 1.39 bits per heavy atom. The summed E-state index contributed by atoms with van der Waals surface area (Å²) in [5, 5.41) is 2.52. The molecule has 18 heavy (non-hydrogen) atoms. The Balaban J connectivity index is 1.94. The van der Waals surface area contributed by atoms with Crippen LogP contribution in [0, 0.1) is 0 Å². The maximum absolute atomic E-state index is 11.8. The Hall–Kier alpha value is -2.30. The first kappa shape index (κ1) is 12.2. The van der Waals surface area contributed by atoms with Gasteiger partial charge in [-0.1, -0.05) is 30.3 Å². The van der Waals surface area contributed by atoms with Gasteiger partial charge in [0.15, 0.2) is 0 Å². The average molecular weight is 246 g/mol. The van der Waals surface area contributed by atoms with Gasteiger partial charge in [0.25, 0.3) is 0 Å². The predicted octanol–water partition coefficient (Wildman–Crippen LogP) is 1.61. The number of rotatable bonds is 2. The van der Waals surface area contributed by atoms with Gasteiger partial charge in [-0.05, 0) is 12.5 Å². The Morgan fingerprint density at radius 3 is 2.83 bits per heavy atom. The standard InChI is InChI=1S/C13H14N2O3/c1-10-12(16)14-7-8-15(10)13(17)18-9-11-5-3-2-4-6-11/h2-8,10H,9H2,1H3,(H,14,16). The number of carbonyl (C=O) groups is 2. The average Bonchev–Trinajstić information content (AvgIpc) is 2.40. The smallest absolute Gasteiger partial charge is 0.414 e. The first-order valence-electron chi connectivity index (χ1n) is 5.64. The third-order valence-electron chi connectivity index (χ3n) is 2.67. The Morgan fingerprint density at radius 2 is 2.11 bits per heavy atom. The molecule has 94 valence electrons. The van der Waals surface area contributed by atoms with Crippen molar-refractivity contribution in [2.75, 3.05) is 0 Å². The van der Waals surface area contributed by atoms with E-state index in [4.69, 9.17) is 4.74 Å². The van der Waals surface area contributed by atoms with E-state index in [0.717, 1.165) is 5.56 Å². The molecule has 0 bridgehead atoms. The SMILES string of the molecule is CC1C(=O)NC=CN1C(=O)OCc1ccccc1. The normalized spacial score (nSPS) is 18.4. The third kappa shape index (κ3) is 2.68. The van der Waals surface area contributed by atoms with Crippen molar-refractivity contribution < 1.29 is 14.3 Å². The second kappa shape index (κ2) is 5.35. The Labute approximate surface area is 105 Å². The second-order valence-electron chi connectivity index (χ2n) is 3.95. The summed E-state index contributed by atoms with van der Waals surface area (Å²) in [6.45, 7) is 1.83. The van der Waals surface area contributed by atoms with Gasteiger partial charge in [-0.3, -0.25) is 9.69 Å². The van der Waals surface area contributed by atoms with E-state index in [1.807, 2.05) is 30.3 Å². The van der Waals surface area contributed by atoms with Crippen molar-refractivity contribution in [3.63, 3.8) is 0 Å². The number of ether oxygens (including phenoxy) is 1. The summed E-state index contributed by atoms with van der Waals surface area (Å²) >= 11 is 0. The van der Waals surface area contributed by atoms with Crippen molar-refractivity contribution in [2.45, 2.75) is 19.6 Å². The fourth-order valence-corrected chi connectivity index (χ4v) is 1.59. The number of carbonyl (C=O) groups excluding carboxylic acids is 2. The van der Waals surface area contributed by atoms with Crippen molar-refractivity contribution in [3.8, 4) is 0 Å². The lowest BCUT2D eigenvalue weighted by Crippen LogP contribution is -2.47. The van der Waals surface area contributed by atoms with E-state index in [1.54, 1.807) is 6.92 Å². The van der Waals surface area contributed by atoms with Crippen LogP contribution in [0.5, 0.6) is 0 Å². The van der Waals surface area contributed by atoms with Crippen LogP contribution >= 0.6 is 0 Å². The molecule has 0 saturated carbocycles. The van der Waals surface area contributed by atoms with Gasteiger partial charge in [0.1, 0.15) is 12.6 Å². The summed E-state index contributed by atoms with van der Waals surface area (Å²) in [5.74, 6) is -0.228. The molecule has 1 N–H and O–H groups in total. The highest BCUT2D eigenvalue weighted by Crippen LogP contribution is 2.09. The maximum Gasteiger partial charge on any atom is 0.414 e. The monoisotopic (exact) mass is 246 g/mol. The fraction of sp³-hybridized carbons (Fsp3) is 0.231. The summed E-state index contributed by atoms with van der Waals surface area (Å²) in [6.07, 6.45) is 2.39. The number of nitrogens with zero attached hydrogens (tertiary/aromatic N) is 1. The third-order valence-corrected chi connectivity index (χ3v) is 2.67. The first-order valence-corrected chi connectivity index (χ1v) is 5.64. The van der Waals surface area contributed by atoms with E-state index in [-0.39, 0.29) is 12.5 Å². The first-order chi connectivity index (χ1) is 8.68. The lowest BCUT2D eigenvalue weighted by molar-refractivity contribution is -0.124. The van der Waals surface area contributed by atoms with Crippen molar-refractivity contribution in [1.82, 2.24) is 10.2 Å². The zero-order valence-corrected chi connectivity index (χ0v) is 10.00. The maximum atomic E-state index is 11.8. The van der Waals surface area contributed by atoms with E-state index in [0.29, 0.717) is 0 Å². The van der Waals surface area contributed by atoms with Gasteiger partial charge in [0, 0.05) is 12.4 Å². The molecule has 2 rings (SSSR count). The lowest BCUT2D eigenvalue weighted by Gasteiger charge is -2.26. The molecule has 0 spiro atoms. The molecule has 2 amide bonds. The number of hydrogen-bond donors (Lipinski definition) is 1. The predicted molar refractivity (Wildman–Crippen MR) is 65.2 cm³/mol. The summed E-state index contributed by atoms with van der Waals surface area (Å²) in [6, 6.07) is 8.83. The van der Waals surface area contributed by atoms with Crippen LogP contribution in [-0.2, 0) is 16.1 Å². The number of amides is 2. The van der Waals surface area contributed by atoms with Crippen LogP contribution in [0.15, 0.2) is 42.7 Å². The summed E-state index contributed by atoms with van der Waals surface area (Å²) in [4.78, 5) is 24.4. The molecular weight excluding hydrogens is 232 g/mol. The summed E-state index contributed by atoms with van der Waals surface area (Å²) < 4.78 is 5.14. The molecule has 0 saturated heterocycles. The van der Waals surface area contributed by atoms with Gasteiger partial charge < -0.3 is 10.1 Å². The molecule has 1 heterocycles. The van der Waals surface area contributed by atoms with Crippen molar-refractivity contribution >= 4 is 12.0 Å². The highest BCUT2D eigenvalue weighted by molar-refractivity contribution is 5.87. The summed E-state index contributed by atoms with van der Waals surface area (Å²) in [7, 11) is 0. The van der Waals surface area contributed by atoms with Crippen LogP contribution in [0.1, 0.15) is 12.5 Å². The zero-order valence-electron chi connectivity index (χ0n) is 10.00. The molecule has 1 aliphatic rings. The number of nitrogens with one attached hydrogen (secondary N) is 1. The van der Waals surface area contributed by atoms with Crippen molar-refractivity contribution in [1.29, 1.82) is 0 Å². The minimum absolute atomic E-state index is 0.193. The molecule has 0 radical (unpaired) electrons. The number of benzene rings is 1. The van der Waals surface area contributed by atoms with E-state index in [9.17, 15) is 9.59 Å². The Bertz CT molecular complexity index is 470. The van der Waals surface area contributed by atoms with Crippen molar-refractivity contribution in [2.24, 2.45) is 0 Å². The topological polar surface area (TPSA) is 58.6 Å². The molecule has 5 heteroatoms. The van der Waals surface area contributed by atoms with Gasteiger partial charge in [0.2, 0.25) is 5.91 Å². The quantitative estimate of drug-likeness (QED) is 0.862. The molecule has 1 aromatic rings. The van der Waals surface area contributed by atoms with E-state index in [1.165, 1.54) is 17.3 Å². The number of hydrogen-bond acceptors (Lipinski definition) is 3. The minimum Gasteiger partial charge on any atom is -0.444 e. The minimum atomic E-state index is -0.557. The van der Waals surface area contributed by atoms with Gasteiger partial charge in [0.05, 0.1) is 0 Å². The second-order valence-corrected chi connectivity index (χ2v) is 3.95. The van der Waals surface area contributed by atoms with Crippen molar-refractivity contribution in [3.05, 3.63) is 48.3 Å². The largest absolute Gasteiger partial charge is 0.444 e. The highest BCUT2D eigenvalue weighted by atomic mass is 16.6. The highest BCUT2D eigenvalue weighted by Gasteiger charge is 2.27. The van der Waals surface area contributed by atoms with Gasteiger partial charge in [-0.15, -0.1) is 0 Å². The van der Waals surface area contributed by atoms with Crippen LogP contribution in [0.2, 0.25) is 0 Å². The van der Waals surface area contributed by atoms with E-state index < -0.39 is 12.1 Å². The molecule has 1 aliphatic heterocycles. The molecule has 1 aromatic carbocycles. The molecule has 0 aliphatic carbocycles. The summed E-state index contributed by atoms with van der Waals surface area (Å²) in [5.41, 5.74) is 0.906.